The summed E-state index contributed by atoms with van der Waals surface area (Å²) in [5, 5.41) is 27.3. The van der Waals surface area contributed by atoms with Crippen molar-refractivity contribution >= 4 is 0 Å². The molecule has 228 valence electrons. The maximum Gasteiger partial charge on any atom is 0.126 e. The minimum atomic E-state index is -0.833. The topological polar surface area (TPSA) is 75.0 Å². The lowest BCUT2D eigenvalue weighted by atomic mass is 9.74. The van der Waals surface area contributed by atoms with Crippen LogP contribution in [0.25, 0.3) is 5.69 Å². The minimum absolute atomic E-state index is 0.0307. The van der Waals surface area contributed by atoms with Crippen LogP contribution >= 0.6 is 0 Å². The number of nitrogens with zero attached hydrogens (tertiary/aromatic N) is 3. The maximum absolute atomic E-state index is 14.1. The average Bonchev–Trinajstić information content (AvgIpc) is 3.47. The van der Waals surface area contributed by atoms with Crippen LogP contribution in [0.15, 0.2) is 79.0 Å². The van der Waals surface area contributed by atoms with Crippen LogP contribution in [-0.4, -0.2) is 38.8 Å². The first-order valence-corrected chi connectivity index (χ1v) is 15.3. The molecule has 5 rings (SSSR count). The molecule has 1 saturated carbocycles. The van der Waals surface area contributed by atoms with Crippen LogP contribution < -0.4 is 10.6 Å². The van der Waals surface area contributed by atoms with Crippen molar-refractivity contribution in [1.29, 1.82) is 0 Å². The Bertz CT molecular complexity index is 1460. The molecule has 0 radical (unpaired) electrons. The highest BCUT2D eigenvalue weighted by atomic mass is 19.1. The zero-order valence-corrected chi connectivity index (χ0v) is 25.4. The Morgan fingerprint density at radius 2 is 1.65 bits per heavy atom. The smallest absolute Gasteiger partial charge is 0.126 e. The van der Waals surface area contributed by atoms with Crippen LogP contribution in [0.3, 0.4) is 0 Å². The van der Waals surface area contributed by atoms with Crippen LogP contribution in [-0.2, 0) is 23.9 Å². The summed E-state index contributed by atoms with van der Waals surface area (Å²) in [6, 6.07) is 21.6. The lowest BCUT2D eigenvalue weighted by Crippen LogP contribution is -2.52. The van der Waals surface area contributed by atoms with Crippen LogP contribution in [0.2, 0.25) is 0 Å². The van der Waals surface area contributed by atoms with Gasteiger partial charge in [0.05, 0.1) is 23.7 Å². The summed E-state index contributed by atoms with van der Waals surface area (Å²) in [6.45, 7) is 7.33. The molecule has 8 heteroatoms. The largest absolute Gasteiger partial charge is 0.390 e. The number of nitrogens with one attached hydrogen (secondary N) is 2. The molecule has 43 heavy (non-hydrogen) atoms. The van der Waals surface area contributed by atoms with E-state index in [4.69, 9.17) is 0 Å². The highest BCUT2D eigenvalue weighted by Crippen LogP contribution is 2.38. The second-order valence-corrected chi connectivity index (χ2v) is 12.9. The first-order chi connectivity index (χ1) is 20.6. The summed E-state index contributed by atoms with van der Waals surface area (Å²) in [6.07, 6.45) is 6.66. The van der Waals surface area contributed by atoms with Gasteiger partial charge in [0.2, 0.25) is 0 Å². The first kappa shape index (κ1) is 31.0. The van der Waals surface area contributed by atoms with Crippen molar-refractivity contribution < 1.29 is 13.9 Å². The van der Waals surface area contributed by atoms with Gasteiger partial charge in [0, 0.05) is 30.7 Å². The second-order valence-electron chi connectivity index (χ2n) is 12.9. The van der Waals surface area contributed by atoms with E-state index in [0.717, 1.165) is 37.4 Å². The zero-order chi connectivity index (χ0) is 30.5. The van der Waals surface area contributed by atoms with E-state index in [1.54, 1.807) is 4.68 Å². The van der Waals surface area contributed by atoms with Gasteiger partial charge in [0.15, 0.2) is 0 Å². The molecule has 0 amide bonds. The fourth-order valence-corrected chi connectivity index (χ4v) is 6.10. The summed E-state index contributed by atoms with van der Waals surface area (Å²) in [4.78, 5) is 0. The van der Waals surface area contributed by atoms with Crippen molar-refractivity contribution in [1.82, 2.24) is 25.6 Å². The van der Waals surface area contributed by atoms with Crippen molar-refractivity contribution in [3.63, 3.8) is 0 Å². The SMILES string of the molecule is CC(C)(C)c1cccc(C2(NCC(O)C(Cc3cc(F)cc(F)c3)NCc3cn(-c4ccccc4)nn3)CCCCC2)c1. The van der Waals surface area contributed by atoms with Gasteiger partial charge in [-0.25, -0.2) is 13.5 Å². The quantitative estimate of drug-likeness (QED) is 0.191. The van der Waals surface area contributed by atoms with Crippen molar-refractivity contribution in [3.8, 4) is 5.69 Å². The number of halogens is 2. The molecule has 2 unspecified atom stereocenters. The summed E-state index contributed by atoms with van der Waals surface area (Å²) >= 11 is 0. The molecule has 2 atom stereocenters. The predicted molar refractivity (Wildman–Crippen MR) is 166 cm³/mol. The van der Waals surface area contributed by atoms with Crippen LogP contribution in [0, 0.1) is 11.6 Å². The molecule has 1 aromatic heterocycles. The van der Waals surface area contributed by atoms with Crippen molar-refractivity contribution in [2.75, 3.05) is 6.54 Å². The molecule has 6 nitrogen and oxygen atoms in total. The Hall–Kier alpha value is -3.46. The molecule has 1 heterocycles. The molecule has 4 aromatic rings. The molecule has 0 aliphatic heterocycles. The normalized spacial score (nSPS) is 16.6. The third kappa shape index (κ3) is 7.93. The lowest BCUT2D eigenvalue weighted by molar-refractivity contribution is 0.103. The fourth-order valence-electron chi connectivity index (χ4n) is 6.10. The van der Waals surface area contributed by atoms with Gasteiger partial charge < -0.3 is 15.7 Å². The minimum Gasteiger partial charge on any atom is -0.390 e. The second kappa shape index (κ2) is 13.5. The van der Waals surface area contributed by atoms with Crippen molar-refractivity contribution in [2.24, 2.45) is 0 Å². The number of para-hydroxylation sites is 1. The van der Waals surface area contributed by atoms with E-state index in [-0.39, 0.29) is 17.4 Å². The Kier molecular flexibility index (Phi) is 9.69. The lowest BCUT2D eigenvalue weighted by Gasteiger charge is -2.41. The molecule has 0 bridgehead atoms. The number of aliphatic hydroxyl groups is 1. The average molecular weight is 588 g/mol. The molecule has 1 aliphatic rings. The molecule has 3 N–H and O–H groups in total. The van der Waals surface area contributed by atoms with E-state index in [9.17, 15) is 13.9 Å². The molecule has 1 aliphatic carbocycles. The van der Waals surface area contributed by atoms with Gasteiger partial charge in [-0.1, -0.05) is 87.7 Å². The van der Waals surface area contributed by atoms with E-state index in [1.807, 2.05) is 36.5 Å². The summed E-state index contributed by atoms with van der Waals surface area (Å²) < 4.78 is 29.9. The summed E-state index contributed by atoms with van der Waals surface area (Å²) in [7, 11) is 0. The zero-order valence-electron chi connectivity index (χ0n) is 25.4. The number of benzene rings is 3. The van der Waals surface area contributed by atoms with Gasteiger partial charge >= 0.3 is 0 Å². The monoisotopic (exact) mass is 587 g/mol. The molecular formula is C35H43F2N5O. The number of rotatable bonds is 11. The molecule has 0 saturated heterocycles. The van der Waals surface area contributed by atoms with E-state index in [0.29, 0.717) is 24.3 Å². The Morgan fingerprint density at radius 1 is 0.930 bits per heavy atom. The van der Waals surface area contributed by atoms with Gasteiger partial charge in [-0.2, -0.15) is 0 Å². The van der Waals surface area contributed by atoms with Gasteiger partial charge in [0.25, 0.3) is 0 Å². The van der Waals surface area contributed by atoms with Crippen molar-refractivity contribution in [3.05, 3.63) is 113 Å². The van der Waals surface area contributed by atoms with Gasteiger partial charge in [-0.15, -0.1) is 5.10 Å². The maximum atomic E-state index is 14.1. The van der Waals surface area contributed by atoms with Crippen LogP contribution in [0.1, 0.15) is 75.3 Å². The van der Waals surface area contributed by atoms with Crippen LogP contribution in [0.5, 0.6) is 0 Å². The molecular weight excluding hydrogens is 544 g/mol. The molecule has 1 fully saturated rings. The Labute approximate surface area is 253 Å². The number of hydrogen-bond donors (Lipinski definition) is 3. The van der Waals surface area contributed by atoms with E-state index < -0.39 is 23.8 Å². The number of aliphatic hydroxyl groups excluding tert-OH is 1. The third-order valence-electron chi connectivity index (χ3n) is 8.59. The third-order valence-corrected chi connectivity index (χ3v) is 8.59. The highest BCUT2D eigenvalue weighted by Gasteiger charge is 2.35. The first-order valence-electron chi connectivity index (χ1n) is 15.3. The highest BCUT2D eigenvalue weighted by molar-refractivity contribution is 5.34. The van der Waals surface area contributed by atoms with Gasteiger partial charge in [0.1, 0.15) is 11.6 Å². The Morgan fingerprint density at radius 3 is 2.35 bits per heavy atom. The number of aromatic nitrogens is 3. The molecule has 0 spiro atoms. The predicted octanol–water partition coefficient (Wildman–Crippen LogP) is 6.35. The van der Waals surface area contributed by atoms with E-state index in [2.05, 4.69) is 66.0 Å². The Balaban J connectivity index is 1.34. The van der Waals surface area contributed by atoms with Crippen LogP contribution in [0.4, 0.5) is 8.78 Å². The standard InChI is InChI=1S/C35H43F2N5O/c1-34(2,3)26-11-10-12-27(20-26)35(15-8-5-9-16-35)39-23-33(43)32(19-25-17-28(36)21-29(37)18-25)38-22-30-24-42(41-40-30)31-13-6-4-7-14-31/h4,6-7,10-14,17-18,20-21,24,32-33,38-39,43H,5,8-9,15-16,19,22-23H2,1-3H3. The van der Waals surface area contributed by atoms with E-state index >= 15 is 0 Å². The van der Waals surface area contributed by atoms with Gasteiger partial charge in [-0.05, 0) is 65.6 Å². The van der Waals surface area contributed by atoms with Crippen molar-refractivity contribution in [2.45, 2.75) is 88.9 Å². The number of hydrogen-bond acceptors (Lipinski definition) is 5. The summed E-state index contributed by atoms with van der Waals surface area (Å²) in [5.74, 6) is -1.26. The summed E-state index contributed by atoms with van der Waals surface area (Å²) in [5.41, 5.74) is 4.40. The fraction of sp³-hybridized carbons (Fsp3) is 0.429. The van der Waals surface area contributed by atoms with E-state index in [1.165, 1.54) is 29.7 Å². The molecule has 3 aromatic carbocycles. The van der Waals surface area contributed by atoms with Gasteiger partial charge in [-0.3, -0.25) is 0 Å².